The van der Waals surface area contributed by atoms with Gasteiger partial charge < -0.3 is 9.47 Å². The number of nitrogens with zero attached hydrogens (tertiary/aromatic N) is 3. The average Bonchev–Trinajstić information content (AvgIpc) is 3.35. The summed E-state index contributed by atoms with van der Waals surface area (Å²) in [4.78, 5) is 16.5. The number of likely N-dealkylation sites (N-methyl/N-ethyl adjacent to an activating group) is 1. The van der Waals surface area contributed by atoms with Gasteiger partial charge in [-0.15, -0.1) is 0 Å². The molecule has 2 aromatic rings. The molecule has 1 aliphatic carbocycles. The molecule has 27 heavy (non-hydrogen) atoms. The molecule has 2 aliphatic heterocycles. The van der Waals surface area contributed by atoms with E-state index in [1.165, 1.54) is 12.8 Å². The second kappa shape index (κ2) is 6.33. The molecule has 2 saturated heterocycles. The molecule has 0 N–H and O–H groups in total. The van der Waals surface area contributed by atoms with Crippen molar-refractivity contribution >= 4 is 16.8 Å². The van der Waals surface area contributed by atoms with E-state index in [-0.39, 0.29) is 5.82 Å². The lowest BCUT2D eigenvalue weighted by atomic mass is 9.89. The molecule has 1 amide bonds. The lowest BCUT2D eigenvalue weighted by molar-refractivity contribution is -0.128. The van der Waals surface area contributed by atoms with Crippen molar-refractivity contribution in [2.24, 2.45) is 5.92 Å². The molecule has 0 bridgehead atoms. The third kappa shape index (κ3) is 2.70. The monoisotopic (exact) mass is 369 g/mol. The number of aryl methyl sites for hydroxylation is 1. The van der Waals surface area contributed by atoms with Crippen LogP contribution in [0.1, 0.15) is 43.7 Å². The van der Waals surface area contributed by atoms with Crippen molar-refractivity contribution < 1.29 is 9.18 Å². The zero-order valence-corrected chi connectivity index (χ0v) is 16.2. The summed E-state index contributed by atoms with van der Waals surface area (Å²) in [7, 11) is 1.96. The molecule has 5 heteroatoms. The number of fused-ring (bicyclic) bond motifs is 2. The zero-order chi connectivity index (χ0) is 18.7. The van der Waals surface area contributed by atoms with Gasteiger partial charge in [0.1, 0.15) is 5.82 Å². The van der Waals surface area contributed by atoms with E-state index in [2.05, 4.69) is 22.6 Å². The SMILES string of the molecule is Cc1ccc(F)c2ccn([C@@H]3CCC[C@H](N4C[C@@H]5CC(=O)N(C)[C@@H]5C4)C3)c12. The number of carbonyl (C=O) groups excluding carboxylic acids is 1. The number of aromatic nitrogens is 1. The van der Waals surface area contributed by atoms with Crippen LogP contribution in [0.15, 0.2) is 24.4 Å². The molecule has 1 saturated carbocycles. The Bertz CT molecular complexity index is 891. The molecule has 5 rings (SSSR count). The molecule has 3 aliphatic rings. The standard InChI is InChI=1S/C22H28FN3O/c1-14-6-7-19(23)18-8-9-26(22(14)18)17-5-3-4-16(11-17)25-12-15-10-21(27)24(2)20(15)13-25/h6-9,15-17,20H,3-5,10-13H2,1-2H3/t15-,16-,17+,20+/m0/s1. The lowest BCUT2D eigenvalue weighted by Crippen LogP contribution is -2.41. The Morgan fingerprint density at radius 3 is 2.74 bits per heavy atom. The predicted molar refractivity (Wildman–Crippen MR) is 104 cm³/mol. The Hall–Kier alpha value is -1.88. The summed E-state index contributed by atoms with van der Waals surface area (Å²) in [6.07, 6.45) is 7.53. The van der Waals surface area contributed by atoms with Crippen molar-refractivity contribution in [3.05, 3.63) is 35.8 Å². The van der Waals surface area contributed by atoms with Gasteiger partial charge in [0.15, 0.2) is 0 Å². The largest absolute Gasteiger partial charge is 0.344 e. The second-order valence-corrected chi connectivity index (χ2v) is 8.81. The van der Waals surface area contributed by atoms with E-state index in [1.807, 2.05) is 24.1 Å². The molecule has 1 aromatic carbocycles. The topological polar surface area (TPSA) is 28.5 Å². The van der Waals surface area contributed by atoms with Crippen molar-refractivity contribution in [1.82, 2.24) is 14.4 Å². The highest BCUT2D eigenvalue weighted by Gasteiger charge is 2.45. The number of hydrogen-bond donors (Lipinski definition) is 0. The second-order valence-electron chi connectivity index (χ2n) is 8.81. The predicted octanol–water partition coefficient (Wildman–Crippen LogP) is 3.74. The maximum Gasteiger partial charge on any atom is 0.223 e. The maximum absolute atomic E-state index is 14.2. The third-order valence-corrected chi connectivity index (χ3v) is 7.32. The molecule has 4 atom stereocenters. The molecule has 0 radical (unpaired) electrons. The van der Waals surface area contributed by atoms with Crippen LogP contribution in [0.3, 0.4) is 0 Å². The first-order valence-corrected chi connectivity index (χ1v) is 10.3. The van der Waals surface area contributed by atoms with Crippen LogP contribution in [0.2, 0.25) is 0 Å². The van der Waals surface area contributed by atoms with E-state index in [0.29, 0.717) is 36.4 Å². The Morgan fingerprint density at radius 2 is 1.93 bits per heavy atom. The van der Waals surface area contributed by atoms with Crippen LogP contribution in [-0.4, -0.2) is 52.5 Å². The highest BCUT2D eigenvalue weighted by atomic mass is 19.1. The molecule has 144 valence electrons. The Morgan fingerprint density at radius 1 is 1.11 bits per heavy atom. The number of amides is 1. The zero-order valence-electron chi connectivity index (χ0n) is 16.2. The minimum Gasteiger partial charge on any atom is -0.344 e. The summed E-state index contributed by atoms with van der Waals surface area (Å²) in [6.45, 7) is 4.15. The lowest BCUT2D eigenvalue weighted by Gasteiger charge is -2.37. The minimum atomic E-state index is -0.123. The first kappa shape index (κ1) is 17.2. The van der Waals surface area contributed by atoms with Crippen molar-refractivity contribution in [2.45, 2.75) is 57.2 Å². The molecule has 0 spiro atoms. The number of benzene rings is 1. The molecule has 0 unspecified atom stereocenters. The number of hydrogen-bond acceptors (Lipinski definition) is 2. The summed E-state index contributed by atoms with van der Waals surface area (Å²) in [6, 6.07) is 6.81. The molecule has 4 nitrogen and oxygen atoms in total. The van der Waals surface area contributed by atoms with Gasteiger partial charge in [-0.1, -0.05) is 6.07 Å². The van der Waals surface area contributed by atoms with Gasteiger partial charge in [0, 0.05) is 62.2 Å². The van der Waals surface area contributed by atoms with Crippen LogP contribution < -0.4 is 0 Å². The molecule has 3 fully saturated rings. The Kier molecular flexibility index (Phi) is 4.04. The van der Waals surface area contributed by atoms with Crippen LogP contribution in [0.25, 0.3) is 10.9 Å². The number of rotatable bonds is 2. The summed E-state index contributed by atoms with van der Waals surface area (Å²) >= 11 is 0. The summed E-state index contributed by atoms with van der Waals surface area (Å²) in [5.74, 6) is 0.691. The fourth-order valence-electron chi connectivity index (χ4n) is 5.83. The summed E-state index contributed by atoms with van der Waals surface area (Å²) in [5, 5.41) is 0.743. The molecule has 3 heterocycles. The quantitative estimate of drug-likeness (QED) is 0.807. The number of halogens is 1. The Labute approximate surface area is 159 Å². The van der Waals surface area contributed by atoms with E-state index in [0.717, 1.165) is 42.4 Å². The van der Waals surface area contributed by atoms with Gasteiger partial charge in [-0.3, -0.25) is 9.69 Å². The third-order valence-electron chi connectivity index (χ3n) is 7.32. The van der Waals surface area contributed by atoms with Gasteiger partial charge in [0.2, 0.25) is 5.91 Å². The fourth-order valence-corrected chi connectivity index (χ4v) is 5.83. The fraction of sp³-hybridized carbons (Fsp3) is 0.591. The maximum atomic E-state index is 14.2. The minimum absolute atomic E-state index is 0.123. The smallest absolute Gasteiger partial charge is 0.223 e. The van der Waals surface area contributed by atoms with E-state index in [9.17, 15) is 9.18 Å². The Balaban J connectivity index is 1.37. The van der Waals surface area contributed by atoms with Crippen molar-refractivity contribution in [2.75, 3.05) is 20.1 Å². The van der Waals surface area contributed by atoms with E-state index in [1.54, 1.807) is 6.07 Å². The molecular weight excluding hydrogens is 341 g/mol. The van der Waals surface area contributed by atoms with Crippen LogP contribution >= 0.6 is 0 Å². The van der Waals surface area contributed by atoms with Gasteiger partial charge in [0.25, 0.3) is 0 Å². The molecular formula is C22H28FN3O. The average molecular weight is 369 g/mol. The van der Waals surface area contributed by atoms with Crippen molar-refractivity contribution in [1.29, 1.82) is 0 Å². The van der Waals surface area contributed by atoms with Crippen LogP contribution in [-0.2, 0) is 4.79 Å². The van der Waals surface area contributed by atoms with Crippen LogP contribution in [0, 0.1) is 18.7 Å². The van der Waals surface area contributed by atoms with Gasteiger partial charge in [-0.05, 0) is 50.3 Å². The van der Waals surface area contributed by atoms with Crippen molar-refractivity contribution in [3.63, 3.8) is 0 Å². The first-order chi connectivity index (χ1) is 13.0. The van der Waals surface area contributed by atoms with Crippen LogP contribution in [0.4, 0.5) is 4.39 Å². The van der Waals surface area contributed by atoms with Gasteiger partial charge in [-0.2, -0.15) is 0 Å². The van der Waals surface area contributed by atoms with Gasteiger partial charge in [-0.25, -0.2) is 4.39 Å². The number of likely N-dealkylation sites (tertiary alicyclic amines) is 2. The van der Waals surface area contributed by atoms with E-state index in [4.69, 9.17) is 0 Å². The van der Waals surface area contributed by atoms with Gasteiger partial charge in [0.05, 0.1) is 5.52 Å². The van der Waals surface area contributed by atoms with Crippen LogP contribution in [0.5, 0.6) is 0 Å². The van der Waals surface area contributed by atoms with E-state index < -0.39 is 0 Å². The first-order valence-electron chi connectivity index (χ1n) is 10.3. The summed E-state index contributed by atoms with van der Waals surface area (Å²) in [5.41, 5.74) is 2.21. The highest BCUT2D eigenvalue weighted by Crippen LogP contribution is 2.39. The van der Waals surface area contributed by atoms with Crippen molar-refractivity contribution in [3.8, 4) is 0 Å². The number of carbonyl (C=O) groups is 1. The molecule has 1 aromatic heterocycles. The summed E-state index contributed by atoms with van der Waals surface area (Å²) < 4.78 is 16.5. The van der Waals surface area contributed by atoms with Gasteiger partial charge >= 0.3 is 0 Å². The highest BCUT2D eigenvalue weighted by molar-refractivity contribution is 5.84. The van der Waals surface area contributed by atoms with E-state index >= 15 is 0 Å². The normalized spacial score (nSPS) is 31.8.